The van der Waals surface area contributed by atoms with Crippen LogP contribution in [-0.2, 0) is 9.53 Å². The normalized spacial score (nSPS) is 12.1. The number of pyridine rings is 1. The number of para-hydroxylation sites is 1. The molecule has 7 nitrogen and oxygen atoms in total. The molecule has 1 aromatic carbocycles. The summed E-state index contributed by atoms with van der Waals surface area (Å²) in [4.78, 5) is 29.7. The van der Waals surface area contributed by atoms with Crippen LogP contribution in [-0.4, -0.2) is 40.3 Å². The van der Waals surface area contributed by atoms with Gasteiger partial charge < -0.3 is 20.1 Å². The van der Waals surface area contributed by atoms with E-state index < -0.39 is 23.7 Å². The molecule has 7 heteroatoms. The molecular weight excluding hydrogens is 334 g/mol. The number of aliphatic carboxylic acids is 1. The van der Waals surface area contributed by atoms with Crippen LogP contribution in [0.1, 0.15) is 20.8 Å². The number of aromatic nitrogens is 1. The molecule has 0 aliphatic carbocycles. The van der Waals surface area contributed by atoms with E-state index in [1.54, 1.807) is 44.0 Å². The molecule has 0 saturated carbocycles. The minimum atomic E-state index is -1.17. The van der Waals surface area contributed by atoms with Crippen LogP contribution in [0.2, 0.25) is 0 Å². The molecule has 0 spiro atoms. The summed E-state index contributed by atoms with van der Waals surface area (Å²) < 4.78 is 5.16. The first-order chi connectivity index (χ1) is 12.3. The Hall–Kier alpha value is -3.09. The van der Waals surface area contributed by atoms with E-state index in [0.29, 0.717) is 5.82 Å². The number of carboxylic acid groups (broad SMARTS) is 1. The lowest BCUT2D eigenvalue weighted by molar-refractivity contribution is -0.139. The number of hydrogen-bond donors (Lipinski definition) is 2. The van der Waals surface area contributed by atoms with Gasteiger partial charge in [0.1, 0.15) is 17.5 Å². The Morgan fingerprint density at radius 3 is 2.35 bits per heavy atom. The summed E-state index contributed by atoms with van der Waals surface area (Å²) in [6.45, 7) is 5.14. The van der Waals surface area contributed by atoms with Gasteiger partial charge in [0.25, 0.3) is 0 Å². The van der Waals surface area contributed by atoms with Gasteiger partial charge in [0.05, 0.1) is 6.54 Å². The quantitative estimate of drug-likeness (QED) is 0.825. The smallest absolute Gasteiger partial charge is 0.408 e. The summed E-state index contributed by atoms with van der Waals surface area (Å²) in [5.41, 5.74) is 0.0520. The molecule has 0 fully saturated rings. The van der Waals surface area contributed by atoms with Crippen LogP contribution in [0.4, 0.5) is 16.3 Å². The average Bonchev–Trinajstić information content (AvgIpc) is 2.58. The molecule has 2 aromatic rings. The fraction of sp³-hybridized carbons (Fsp3) is 0.316. The van der Waals surface area contributed by atoms with Gasteiger partial charge in [0.15, 0.2) is 0 Å². The van der Waals surface area contributed by atoms with Crippen LogP contribution in [0.5, 0.6) is 0 Å². The standard InChI is InChI=1S/C19H23N3O4/c1-19(2,3)26-18(25)21-15(17(23)24)13-22(14-9-5-4-6-10-14)16-11-7-8-12-20-16/h4-12,15H,13H2,1-3H3,(H,21,25)(H,23,24). The number of nitrogens with one attached hydrogen (secondary N) is 1. The topological polar surface area (TPSA) is 91.8 Å². The molecule has 0 saturated heterocycles. The summed E-state index contributed by atoms with van der Waals surface area (Å²) in [6.07, 6.45) is 0.849. The Kier molecular flexibility index (Phi) is 6.16. The highest BCUT2D eigenvalue weighted by molar-refractivity contribution is 5.81. The summed E-state index contributed by atoms with van der Waals surface area (Å²) in [5.74, 6) is -0.580. The monoisotopic (exact) mass is 357 g/mol. The fourth-order valence-electron chi connectivity index (χ4n) is 2.27. The highest BCUT2D eigenvalue weighted by Crippen LogP contribution is 2.23. The zero-order chi connectivity index (χ0) is 19.2. The Balaban J connectivity index is 2.24. The molecule has 0 aliphatic rings. The maximum absolute atomic E-state index is 12.0. The van der Waals surface area contributed by atoms with Crippen molar-refractivity contribution >= 4 is 23.6 Å². The van der Waals surface area contributed by atoms with E-state index in [1.807, 2.05) is 36.4 Å². The average molecular weight is 357 g/mol. The van der Waals surface area contributed by atoms with Gasteiger partial charge in [-0.1, -0.05) is 24.3 Å². The zero-order valence-corrected chi connectivity index (χ0v) is 15.0. The number of anilines is 2. The maximum atomic E-state index is 12.0. The van der Waals surface area contributed by atoms with Crippen molar-refractivity contribution in [2.24, 2.45) is 0 Å². The minimum absolute atomic E-state index is 0.00436. The number of ether oxygens (including phenoxy) is 1. The van der Waals surface area contributed by atoms with Crippen molar-refractivity contribution < 1.29 is 19.4 Å². The van der Waals surface area contributed by atoms with Crippen molar-refractivity contribution in [2.75, 3.05) is 11.4 Å². The molecule has 2 rings (SSSR count). The summed E-state index contributed by atoms with van der Waals surface area (Å²) in [7, 11) is 0. The van der Waals surface area contributed by atoms with Crippen molar-refractivity contribution in [2.45, 2.75) is 32.4 Å². The first kappa shape index (κ1) is 19.2. The molecule has 2 N–H and O–H groups in total. The molecular formula is C19H23N3O4. The lowest BCUT2D eigenvalue weighted by atomic mass is 10.2. The molecule has 1 atom stereocenters. The van der Waals surface area contributed by atoms with Gasteiger partial charge in [-0.3, -0.25) is 0 Å². The van der Waals surface area contributed by atoms with Crippen LogP contribution in [0.25, 0.3) is 0 Å². The number of carbonyl (C=O) groups excluding carboxylic acids is 1. The lowest BCUT2D eigenvalue weighted by Gasteiger charge is -2.28. The van der Waals surface area contributed by atoms with Gasteiger partial charge in [-0.05, 0) is 45.0 Å². The molecule has 0 radical (unpaired) electrons. The minimum Gasteiger partial charge on any atom is -0.480 e. The van der Waals surface area contributed by atoms with E-state index >= 15 is 0 Å². The van der Waals surface area contributed by atoms with Crippen molar-refractivity contribution in [3.8, 4) is 0 Å². The summed E-state index contributed by atoms with van der Waals surface area (Å²) in [6, 6.07) is 13.5. The molecule has 1 heterocycles. The fourth-order valence-corrected chi connectivity index (χ4v) is 2.27. The summed E-state index contributed by atoms with van der Waals surface area (Å²) in [5, 5.41) is 12.0. The lowest BCUT2D eigenvalue weighted by Crippen LogP contribution is -2.49. The zero-order valence-electron chi connectivity index (χ0n) is 15.0. The third-order valence-corrected chi connectivity index (χ3v) is 3.35. The summed E-state index contributed by atoms with van der Waals surface area (Å²) >= 11 is 0. The number of carbonyl (C=O) groups is 2. The molecule has 26 heavy (non-hydrogen) atoms. The van der Waals surface area contributed by atoms with Crippen molar-refractivity contribution in [1.82, 2.24) is 10.3 Å². The van der Waals surface area contributed by atoms with Crippen molar-refractivity contribution in [1.29, 1.82) is 0 Å². The SMILES string of the molecule is CC(C)(C)OC(=O)NC(CN(c1ccccc1)c1ccccn1)C(=O)O. The number of amides is 1. The number of alkyl carbamates (subject to hydrolysis) is 1. The highest BCUT2D eigenvalue weighted by atomic mass is 16.6. The number of rotatable bonds is 6. The number of carboxylic acids is 1. The number of nitrogens with zero attached hydrogens (tertiary/aromatic N) is 2. The third kappa shape index (κ3) is 5.77. The molecule has 1 aromatic heterocycles. The van der Waals surface area contributed by atoms with Crippen LogP contribution in [0.3, 0.4) is 0 Å². The second-order valence-electron chi connectivity index (χ2n) is 6.67. The van der Waals surface area contributed by atoms with Crippen LogP contribution in [0.15, 0.2) is 54.7 Å². The van der Waals surface area contributed by atoms with Gasteiger partial charge in [-0.2, -0.15) is 0 Å². The van der Waals surface area contributed by atoms with Crippen molar-refractivity contribution in [3.05, 3.63) is 54.7 Å². The van der Waals surface area contributed by atoms with E-state index in [9.17, 15) is 14.7 Å². The van der Waals surface area contributed by atoms with E-state index in [-0.39, 0.29) is 6.54 Å². The van der Waals surface area contributed by atoms with E-state index in [0.717, 1.165) is 5.69 Å². The molecule has 0 bridgehead atoms. The predicted octanol–water partition coefficient (Wildman–Crippen LogP) is 3.20. The predicted molar refractivity (Wildman–Crippen MR) is 98.5 cm³/mol. The number of benzene rings is 1. The largest absolute Gasteiger partial charge is 0.480 e. The molecule has 1 unspecified atom stereocenters. The second-order valence-corrected chi connectivity index (χ2v) is 6.67. The Bertz CT molecular complexity index is 690. The van der Waals surface area contributed by atoms with Crippen LogP contribution >= 0.6 is 0 Å². The van der Waals surface area contributed by atoms with Crippen molar-refractivity contribution in [3.63, 3.8) is 0 Å². The molecule has 1 amide bonds. The first-order valence-electron chi connectivity index (χ1n) is 8.22. The maximum Gasteiger partial charge on any atom is 0.408 e. The third-order valence-electron chi connectivity index (χ3n) is 3.35. The van der Waals surface area contributed by atoms with E-state index in [1.165, 1.54) is 0 Å². The molecule has 0 aliphatic heterocycles. The second kappa shape index (κ2) is 8.33. The van der Waals surface area contributed by atoms with Gasteiger partial charge >= 0.3 is 12.1 Å². The number of hydrogen-bond acceptors (Lipinski definition) is 5. The highest BCUT2D eigenvalue weighted by Gasteiger charge is 2.27. The van der Waals surface area contributed by atoms with E-state index in [4.69, 9.17) is 4.74 Å². The van der Waals surface area contributed by atoms with Gasteiger partial charge in [0.2, 0.25) is 0 Å². The van der Waals surface area contributed by atoms with E-state index in [2.05, 4.69) is 10.3 Å². The Labute approximate surface area is 152 Å². The van der Waals surface area contributed by atoms with Gasteiger partial charge in [-0.15, -0.1) is 0 Å². The van der Waals surface area contributed by atoms with Crippen LogP contribution in [0, 0.1) is 0 Å². The van der Waals surface area contributed by atoms with Gasteiger partial charge in [0, 0.05) is 11.9 Å². The molecule has 138 valence electrons. The Morgan fingerprint density at radius 1 is 1.15 bits per heavy atom. The first-order valence-corrected chi connectivity index (χ1v) is 8.22. The van der Waals surface area contributed by atoms with Crippen LogP contribution < -0.4 is 10.2 Å². The van der Waals surface area contributed by atoms with Gasteiger partial charge in [-0.25, -0.2) is 14.6 Å². The Morgan fingerprint density at radius 2 is 1.81 bits per heavy atom.